The van der Waals surface area contributed by atoms with Crippen LogP contribution >= 0.6 is 0 Å². The quantitative estimate of drug-likeness (QED) is 0.133. The molecule has 0 radical (unpaired) electrons. The largest absolute Gasteiger partial charge is 0.334 e. The number of aryl methyl sites for hydroxylation is 4. The van der Waals surface area contributed by atoms with Crippen LogP contribution in [0.3, 0.4) is 0 Å². The lowest BCUT2D eigenvalue weighted by molar-refractivity contribution is 0.784. The van der Waals surface area contributed by atoms with E-state index in [4.69, 9.17) is 0 Å². The Hall–Kier alpha value is -6.12. The number of anilines is 5. The summed E-state index contributed by atoms with van der Waals surface area (Å²) in [5.74, 6) is 0. The number of hydrogen-bond donors (Lipinski definition) is 0. The predicted molar refractivity (Wildman–Crippen MR) is 226 cm³/mol. The first-order chi connectivity index (χ1) is 25.4. The van der Waals surface area contributed by atoms with Crippen molar-refractivity contribution < 1.29 is 0 Å². The molecule has 2 nitrogen and oxygen atoms in total. The van der Waals surface area contributed by atoms with Gasteiger partial charge in [-0.1, -0.05) is 121 Å². The molecule has 0 aliphatic heterocycles. The Morgan fingerprint density at radius 1 is 0.462 bits per heavy atom. The van der Waals surface area contributed by atoms with E-state index < -0.39 is 0 Å². The Kier molecular flexibility index (Phi) is 10.5. The fourth-order valence-electron chi connectivity index (χ4n) is 6.98. The van der Waals surface area contributed by atoms with Gasteiger partial charge in [-0.2, -0.15) is 0 Å². The van der Waals surface area contributed by atoms with Crippen LogP contribution in [0.25, 0.3) is 24.3 Å². The molecule has 6 aromatic carbocycles. The van der Waals surface area contributed by atoms with E-state index in [2.05, 4.69) is 226 Å². The second-order valence-electron chi connectivity index (χ2n) is 13.8. The topological polar surface area (TPSA) is 6.48 Å². The first kappa shape index (κ1) is 34.3. The van der Waals surface area contributed by atoms with Crippen LogP contribution in [-0.4, -0.2) is 6.04 Å². The molecule has 1 unspecified atom stereocenters. The van der Waals surface area contributed by atoms with Crippen LogP contribution in [0.1, 0.15) is 50.9 Å². The van der Waals surface area contributed by atoms with E-state index in [1.165, 1.54) is 55.9 Å². The number of allylic oxidation sites excluding steroid dienone is 2. The number of nitrogens with zero attached hydrogens (tertiary/aromatic N) is 2. The van der Waals surface area contributed by atoms with Gasteiger partial charge in [0.05, 0.1) is 6.04 Å². The van der Waals surface area contributed by atoms with Crippen molar-refractivity contribution in [2.45, 2.75) is 40.2 Å². The smallest absolute Gasteiger partial charge is 0.0559 e. The molecule has 7 rings (SSSR count). The minimum atomic E-state index is 0.285. The molecule has 52 heavy (non-hydrogen) atoms. The van der Waals surface area contributed by atoms with Crippen molar-refractivity contribution >= 4 is 52.7 Å². The maximum Gasteiger partial charge on any atom is 0.0559 e. The molecule has 0 aromatic heterocycles. The highest BCUT2D eigenvalue weighted by Gasteiger charge is 2.20. The Labute approximate surface area is 310 Å². The molecule has 2 heteroatoms. The molecule has 1 aliphatic rings. The zero-order valence-corrected chi connectivity index (χ0v) is 30.6. The fourth-order valence-corrected chi connectivity index (χ4v) is 6.98. The molecular weight excluding hydrogens is 629 g/mol. The molecule has 0 fully saturated rings. The van der Waals surface area contributed by atoms with E-state index in [1.807, 2.05) is 0 Å². The number of rotatable bonds is 10. The van der Waals surface area contributed by atoms with Crippen LogP contribution in [0.2, 0.25) is 0 Å². The third kappa shape index (κ3) is 8.09. The molecular formula is C50H46N2. The van der Waals surface area contributed by atoms with Gasteiger partial charge in [0.15, 0.2) is 0 Å². The Bertz CT molecular complexity index is 2290. The summed E-state index contributed by atoms with van der Waals surface area (Å²) in [6.45, 7) is 8.71. The molecule has 0 spiro atoms. The van der Waals surface area contributed by atoms with Crippen molar-refractivity contribution in [1.82, 2.24) is 0 Å². The summed E-state index contributed by atoms with van der Waals surface area (Å²) in [7, 11) is 0. The van der Waals surface area contributed by atoms with Gasteiger partial charge in [-0.25, -0.2) is 0 Å². The highest BCUT2D eigenvalue weighted by atomic mass is 15.2. The lowest BCUT2D eigenvalue weighted by atomic mass is 10.0. The van der Waals surface area contributed by atoms with Gasteiger partial charge in [0, 0.05) is 28.4 Å². The third-order valence-electron chi connectivity index (χ3n) is 9.71. The Balaban J connectivity index is 1.09. The lowest BCUT2D eigenvalue weighted by Gasteiger charge is -2.33. The lowest BCUT2D eigenvalue weighted by Crippen LogP contribution is -2.29. The number of hydrogen-bond acceptors (Lipinski definition) is 2. The van der Waals surface area contributed by atoms with E-state index in [-0.39, 0.29) is 6.04 Å². The molecule has 0 saturated carbocycles. The zero-order valence-electron chi connectivity index (χ0n) is 30.6. The van der Waals surface area contributed by atoms with Crippen molar-refractivity contribution in [2.75, 3.05) is 9.80 Å². The summed E-state index contributed by atoms with van der Waals surface area (Å²) < 4.78 is 0. The van der Waals surface area contributed by atoms with Crippen molar-refractivity contribution in [1.29, 1.82) is 0 Å². The number of benzene rings is 6. The first-order valence-electron chi connectivity index (χ1n) is 18.2. The normalized spacial score (nSPS) is 14.0. The van der Waals surface area contributed by atoms with Gasteiger partial charge in [0.25, 0.3) is 0 Å². The molecule has 1 aliphatic carbocycles. The first-order valence-corrected chi connectivity index (χ1v) is 18.2. The molecule has 256 valence electrons. The maximum atomic E-state index is 2.46. The summed E-state index contributed by atoms with van der Waals surface area (Å²) >= 11 is 0. The Morgan fingerprint density at radius 3 is 1.62 bits per heavy atom. The standard InChI is InChI=1S/C50H46N2/c1-37-14-11-22-47(32-37)51(45-18-7-5-8-19-45)49-30-28-43(39(3)34-49)26-24-41-16-13-17-42(36-41)25-27-44-29-31-50(35-40(44)4)52(46-20-9-6-10-21-46)48-23-12-15-38(2)33-48/h5-20,22-36,46H,21H2,1-4H3/b26-24+,27-25-. The van der Waals surface area contributed by atoms with Crippen LogP contribution in [0.15, 0.2) is 164 Å². The van der Waals surface area contributed by atoms with E-state index in [0.717, 1.165) is 23.5 Å². The fraction of sp³-hybridized carbons (Fsp3) is 0.120. The minimum absolute atomic E-state index is 0.285. The molecule has 1 atom stereocenters. The summed E-state index contributed by atoms with van der Waals surface area (Å²) in [4.78, 5) is 4.78. The van der Waals surface area contributed by atoms with Gasteiger partial charge in [-0.15, -0.1) is 0 Å². The Morgan fingerprint density at radius 2 is 1.00 bits per heavy atom. The SMILES string of the molecule is Cc1cccc(N(c2ccccc2)c2ccc(/C=C/c3cccc(/C=C\c4ccc(N(c5cccc(C)c5)C5C=CC=CC5)cc4C)c3)c(C)c2)c1. The van der Waals surface area contributed by atoms with Crippen LogP contribution < -0.4 is 9.80 Å². The highest BCUT2D eigenvalue weighted by molar-refractivity contribution is 5.80. The molecule has 0 bridgehead atoms. The maximum absolute atomic E-state index is 2.46. The van der Waals surface area contributed by atoms with E-state index in [0.29, 0.717) is 0 Å². The molecule has 6 aromatic rings. The molecule has 0 amide bonds. The number of para-hydroxylation sites is 1. The van der Waals surface area contributed by atoms with Crippen LogP contribution in [0.5, 0.6) is 0 Å². The van der Waals surface area contributed by atoms with Crippen molar-refractivity contribution in [3.63, 3.8) is 0 Å². The van der Waals surface area contributed by atoms with Gasteiger partial charge in [0.1, 0.15) is 0 Å². The molecule has 0 saturated heterocycles. The zero-order chi connectivity index (χ0) is 35.9. The average Bonchev–Trinajstić information content (AvgIpc) is 3.16. The predicted octanol–water partition coefficient (Wildman–Crippen LogP) is 13.8. The summed E-state index contributed by atoms with van der Waals surface area (Å²) in [5, 5.41) is 0. The highest BCUT2D eigenvalue weighted by Crippen LogP contribution is 2.36. The van der Waals surface area contributed by atoms with Gasteiger partial charge in [-0.05, 0) is 145 Å². The van der Waals surface area contributed by atoms with E-state index in [9.17, 15) is 0 Å². The van der Waals surface area contributed by atoms with Crippen molar-refractivity contribution in [2.24, 2.45) is 0 Å². The molecule has 0 N–H and O–H groups in total. The van der Waals surface area contributed by atoms with Crippen molar-refractivity contribution in [3.05, 3.63) is 208 Å². The van der Waals surface area contributed by atoms with Crippen LogP contribution in [0, 0.1) is 27.7 Å². The van der Waals surface area contributed by atoms with Crippen LogP contribution in [-0.2, 0) is 0 Å². The molecule has 0 heterocycles. The average molecular weight is 675 g/mol. The summed E-state index contributed by atoms with van der Waals surface area (Å²) in [6.07, 6.45) is 18.7. The van der Waals surface area contributed by atoms with Gasteiger partial charge in [-0.3, -0.25) is 0 Å². The van der Waals surface area contributed by atoms with Gasteiger partial charge < -0.3 is 9.80 Å². The third-order valence-corrected chi connectivity index (χ3v) is 9.71. The summed E-state index contributed by atoms with van der Waals surface area (Å²) in [5.41, 5.74) is 15.6. The van der Waals surface area contributed by atoms with Crippen LogP contribution in [0.4, 0.5) is 28.4 Å². The van der Waals surface area contributed by atoms with E-state index >= 15 is 0 Å². The summed E-state index contributed by atoms with van der Waals surface area (Å²) in [6, 6.07) is 50.6. The van der Waals surface area contributed by atoms with E-state index in [1.54, 1.807) is 0 Å². The monoisotopic (exact) mass is 674 g/mol. The van der Waals surface area contributed by atoms with Crippen molar-refractivity contribution in [3.8, 4) is 0 Å². The second-order valence-corrected chi connectivity index (χ2v) is 13.8. The second kappa shape index (κ2) is 15.8. The van der Waals surface area contributed by atoms with Gasteiger partial charge in [0.2, 0.25) is 0 Å². The van der Waals surface area contributed by atoms with Gasteiger partial charge >= 0.3 is 0 Å². The minimum Gasteiger partial charge on any atom is -0.334 e.